The normalized spacial score (nSPS) is 30.8. The fraction of sp³-hybridized carbons (Fsp3) is 0.438. The summed E-state index contributed by atoms with van der Waals surface area (Å²) in [6.07, 6.45) is 3.11. The van der Waals surface area contributed by atoms with E-state index < -0.39 is 0 Å². The molecule has 2 heterocycles. The topological polar surface area (TPSA) is 69.4 Å². The van der Waals surface area contributed by atoms with E-state index in [4.69, 9.17) is 15.2 Å². The molecule has 1 aromatic carbocycles. The molecule has 1 aliphatic carbocycles. The molecular formula is C16H19N3O2. The van der Waals surface area contributed by atoms with Crippen molar-refractivity contribution >= 4 is 16.6 Å². The van der Waals surface area contributed by atoms with E-state index in [1.54, 1.807) is 13.3 Å². The largest absolute Gasteiger partial charge is 0.497 e. The molecule has 1 saturated carbocycles. The van der Waals surface area contributed by atoms with Crippen LogP contribution in [0.4, 0.5) is 5.82 Å². The molecule has 2 aromatic rings. The molecule has 1 saturated heterocycles. The average molecular weight is 285 g/mol. The van der Waals surface area contributed by atoms with Crippen LogP contribution in [0.3, 0.4) is 0 Å². The highest BCUT2D eigenvalue weighted by atomic mass is 16.5. The molecule has 1 aliphatic heterocycles. The Morgan fingerprint density at radius 3 is 3.14 bits per heavy atom. The zero-order valence-electron chi connectivity index (χ0n) is 12.0. The van der Waals surface area contributed by atoms with Crippen LogP contribution < -0.4 is 15.8 Å². The summed E-state index contributed by atoms with van der Waals surface area (Å²) in [5.74, 6) is 2.21. The van der Waals surface area contributed by atoms with Gasteiger partial charge in [-0.25, -0.2) is 4.98 Å². The number of hydrogen-bond acceptors (Lipinski definition) is 5. The average Bonchev–Trinajstić information content (AvgIpc) is 2.96. The van der Waals surface area contributed by atoms with Gasteiger partial charge in [0.25, 0.3) is 0 Å². The molecule has 3 N–H and O–H groups in total. The van der Waals surface area contributed by atoms with E-state index in [0.29, 0.717) is 5.92 Å². The molecule has 5 nitrogen and oxygen atoms in total. The number of methoxy groups -OCH3 is 1. The maximum Gasteiger partial charge on any atom is 0.134 e. The molecule has 0 amide bonds. The van der Waals surface area contributed by atoms with Crippen LogP contribution in [0.25, 0.3) is 10.8 Å². The third-order valence-electron chi connectivity index (χ3n) is 4.72. The fourth-order valence-electron chi connectivity index (χ4n) is 3.48. The van der Waals surface area contributed by atoms with Gasteiger partial charge in [0.1, 0.15) is 11.6 Å². The summed E-state index contributed by atoms with van der Waals surface area (Å²) >= 11 is 0. The molecule has 0 radical (unpaired) electrons. The highest BCUT2D eigenvalue weighted by Crippen LogP contribution is 2.39. The Morgan fingerprint density at radius 1 is 1.38 bits per heavy atom. The monoisotopic (exact) mass is 285 g/mol. The summed E-state index contributed by atoms with van der Waals surface area (Å²) in [5.41, 5.74) is 6.26. The van der Waals surface area contributed by atoms with Gasteiger partial charge >= 0.3 is 0 Å². The Hall–Kier alpha value is -1.85. The van der Waals surface area contributed by atoms with Crippen molar-refractivity contribution in [2.45, 2.75) is 24.6 Å². The molecule has 4 rings (SSSR count). The minimum absolute atomic E-state index is 0.146. The highest BCUT2D eigenvalue weighted by molar-refractivity contribution is 5.92. The first kappa shape index (κ1) is 12.9. The second kappa shape index (κ2) is 4.86. The van der Waals surface area contributed by atoms with Crippen LogP contribution >= 0.6 is 0 Å². The van der Waals surface area contributed by atoms with Crippen molar-refractivity contribution in [1.29, 1.82) is 0 Å². The smallest absolute Gasteiger partial charge is 0.134 e. The molecule has 2 fully saturated rings. The van der Waals surface area contributed by atoms with Crippen LogP contribution in [0, 0.1) is 5.92 Å². The third kappa shape index (κ3) is 1.96. The first-order valence-electron chi connectivity index (χ1n) is 7.34. The lowest BCUT2D eigenvalue weighted by Crippen LogP contribution is -2.65. The summed E-state index contributed by atoms with van der Waals surface area (Å²) in [7, 11) is 1.67. The summed E-state index contributed by atoms with van der Waals surface area (Å²) < 4.78 is 11.0. The van der Waals surface area contributed by atoms with E-state index in [1.807, 2.05) is 24.3 Å². The van der Waals surface area contributed by atoms with E-state index in [9.17, 15) is 0 Å². The van der Waals surface area contributed by atoms with Crippen LogP contribution in [0.2, 0.25) is 0 Å². The summed E-state index contributed by atoms with van der Waals surface area (Å²) in [4.78, 5) is 4.47. The van der Waals surface area contributed by atoms with Gasteiger partial charge in [-0.05, 0) is 36.1 Å². The van der Waals surface area contributed by atoms with Gasteiger partial charge < -0.3 is 20.5 Å². The van der Waals surface area contributed by atoms with Gasteiger partial charge in [0.2, 0.25) is 0 Å². The standard InChI is InChI=1S/C16H19N3O2/c1-20-10-2-3-11-9(8-10)4-6-18-16(11)19-14-13(17)12-5-7-21-15(12)14/h2-4,6,8,12-15H,5,7,17H2,1H3,(H,18,19). The maximum absolute atomic E-state index is 6.26. The Labute approximate surface area is 123 Å². The number of ether oxygens (including phenoxy) is 2. The molecular weight excluding hydrogens is 266 g/mol. The molecule has 5 heteroatoms. The first-order chi connectivity index (χ1) is 10.3. The second-order valence-electron chi connectivity index (χ2n) is 5.78. The van der Waals surface area contributed by atoms with Crippen molar-refractivity contribution < 1.29 is 9.47 Å². The zero-order valence-corrected chi connectivity index (χ0v) is 12.0. The van der Waals surface area contributed by atoms with Crippen molar-refractivity contribution in [2.75, 3.05) is 19.0 Å². The van der Waals surface area contributed by atoms with Gasteiger partial charge in [-0.1, -0.05) is 0 Å². The molecule has 2 aliphatic rings. The maximum atomic E-state index is 6.26. The van der Waals surface area contributed by atoms with Gasteiger partial charge in [0.05, 0.1) is 19.3 Å². The second-order valence-corrected chi connectivity index (χ2v) is 5.78. The Balaban J connectivity index is 1.64. The Morgan fingerprint density at radius 2 is 2.29 bits per heavy atom. The minimum atomic E-state index is 0.146. The number of rotatable bonds is 3. The predicted molar refractivity (Wildman–Crippen MR) is 81.5 cm³/mol. The van der Waals surface area contributed by atoms with Crippen LogP contribution in [-0.2, 0) is 4.74 Å². The molecule has 0 bridgehead atoms. The van der Waals surface area contributed by atoms with Crippen molar-refractivity contribution in [3.63, 3.8) is 0 Å². The summed E-state index contributed by atoms with van der Waals surface area (Å²) in [6, 6.07) is 8.27. The summed E-state index contributed by atoms with van der Waals surface area (Å²) in [5, 5.41) is 5.65. The number of aromatic nitrogens is 1. The molecule has 4 atom stereocenters. The van der Waals surface area contributed by atoms with Crippen LogP contribution in [0.5, 0.6) is 5.75 Å². The van der Waals surface area contributed by atoms with Gasteiger partial charge in [-0.15, -0.1) is 0 Å². The van der Waals surface area contributed by atoms with E-state index in [2.05, 4.69) is 10.3 Å². The number of nitrogens with one attached hydrogen (secondary N) is 1. The SMILES string of the molecule is COc1ccc2c(NC3C(N)C4CCOC43)nccc2c1. The highest BCUT2D eigenvalue weighted by Gasteiger charge is 2.52. The van der Waals surface area contributed by atoms with Gasteiger partial charge in [0, 0.05) is 30.1 Å². The fourth-order valence-corrected chi connectivity index (χ4v) is 3.48. The van der Waals surface area contributed by atoms with Crippen molar-refractivity contribution in [1.82, 2.24) is 4.98 Å². The predicted octanol–water partition coefficient (Wildman–Crippen LogP) is 1.77. The number of pyridine rings is 1. The minimum Gasteiger partial charge on any atom is -0.497 e. The van der Waals surface area contributed by atoms with Crippen LogP contribution in [-0.4, -0.2) is 36.9 Å². The lowest BCUT2D eigenvalue weighted by molar-refractivity contribution is 0.00529. The summed E-state index contributed by atoms with van der Waals surface area (Å²) in [6.45, 7) is 0.821. The molecule has 110 valence electrons. The third-order valence-corrected chi connectivity index (χ3v) is 4.72. The van der Waals surface area contributed by atoms with E-state index in [-0.39, 0.29) is 18.2 Å². The number of nitrogens with zero attached hydrogens (tertiary/aromatic N) is 1. The van der Waals surface area contributed by atoms with E-state index in [0.717, 1.165) is 35.4 Å². The van der Waals surface area contributed by atoms with E-state index >= 15 is 0 Å². The zero-order chi connectivity index (χ0) is 14.4. The molecule has 0 spiro atoms. The van der Waals surface area contributed by atoms with Crippen molar-refractivity contribution in [3.05, 3.63) is 30.5 Å². The number of hydrogen-bond donors (Lipinski definition) is 2. The molecule has 21 heavy (non-hydrogen) atoms. The van der Waals surface area contributed by atoms with Crippen molar-refractivity contribution in [2.24, 2.45) is 11.7 Å². The van der Waals surface area contributed by atoms with Crippen molar-refractivity contribution in [3.8, 4) is 5.75 Å². The number of anilines is 1. The molecule has 1 aromatic heterocycles. The quantitative estimate of drug-likeness (QED) is 0.899. The van der Waals surface area contributed by atoms with E-state index in [1.165, 1.54) is 0 Å². The molecule has 4 unspecified atom stereocenters. The van der Waals surface area contributed by atoms with Gasteiger partial charge in [-0.2, -0.15) is 0 Å². The Bertz CT molecular complexity index is 676. The number of benzene rings is 1. The van der Waals surface area contributed by atoms with Crippen LogP contribution in [0.1, 0.15) is 6.42 Å². The van der Waals surface area contributed by atoms with Crippen LogP contribution in [0.15, 0.2) is 30.5 Å². The Kier molecular flexibility index (Phi) is 2.97. The lowest BCUT2D eigenvalue weighted by Gasteiger charge is -2.46. The first-order valence-corrected chi connectivity index (χ1v) is 7.34. The van der Waals surface area contributed by atoms with Gasteiger partial charge in [0.15, 0.2) is 0 Å². The number of nitrogens with two attached hydrogens (primary N) is 1. The lowest BCUT2D eigenvalue weighted by atomic mass is 9.72. The van der Waals surface area contributed by atoms with Gasteiger partial charge in [-0.3, -0.25) is 0 Å². The number of fused-ring (bicyclic) bond motifs is 2.